The Labute approximate surface area is 84.5 Å². The summed E-state index contributed by atoms with van der Waals surface area (Å²) in [5.74, 6) is -0.642. The number of hydrogen-bond donors (Lipinski definition) is 1. The van der Waals surface area contributed by atoms with E-state index in [9.17, 15) is 4.79 Å². The molecular formula is C10H18N2O2. The smallest absolute Gasteiger partial charge is 0.320 e. The van der Waals surface area contributed by atoms with Gasteiger partial charge in [0.05, 0.1) is 0 Å². The molecule has 2 fully saturated rings. The van der Waals surface area contributed by atoms with Gasteiger partial charge in [0, 0.05) is 12.6 Å². The second-order valence-electron chi connectivity index (χ2n) is 4.44. The van der Waals surface area contributed by atoms with E-state index in [2.05, 4.69) is 16.8 Å². The summed E-state index contributed by atoms with van der Waals surface area (Å²) in [5.41, 5.74) is 0. The molecule has 0 saturated carbocycles. The molecule has 0 aromatic carbocycles. The molecule has 4 nitrogen and oxygen atoms in total. The summed E-state index contributed by atoms with van der Waals surface area (Å²) >= 11 is 0. The zero-order chi connectivity index (χ0) is 10.1. The maximum atomic E-state index is 11.0. The van der Waals surface area contributed by atoms with E-state index >= 15 is 0 Å². The van der Waals surface area contributed by atoms with Crippen molar-refractivity contribution in [3.8, 4) is 0 Å². The number of nitrogens with zero attached hydrogens (tertiary/aromatic N) is 2. The zero-order valence-electron chi connectivity index (χ0n) is 8.65. The van der Waals surface area contributed by atoms with Crippen molar-refractivity contribution in [3.63, 3.8) is 0 Å². The Kier molecular flexibility index (Phi) is 2.74. The molecule has 0 aliphatic carbocycles. The number of carbonyl (C=O) groups is 1. The van der Waals surface area contributed by atoms with E-state index in [1.165, 1.54) is 0 Å². The van der Waals surface area contributed by atoms with Gasteiger partial charge in [-0.3, -0.25) is 9.69 Å². The van der Waals surface area contributed by atoms with Crippen molar-refractivity contribution in [1.82, 2.24) is 9.80 Å². The van der Waals surface area contributed by atoms with Crippen LogP contribution in [0.3, 0.4) is 0 Å². The van der Waals surface area contributed by atoms with Gasteiger partial charge in [0.15, 0.2) is 0 Å². The zero-order valence-corrected chi connectivity index (χ0v) is 8.65. The molecule has 0 amide bonds. The average molecular weight is 198 g/mol. The number of carboxylic acid groups (broad SMARTS) is 1. The van der Waals surface area contributed by atoms with Gasteiger partial charge in [0.25, 0.3) is 0 Å². The molecule has 0 aromatic rings. The molecule has 0 aromatic heterocycles. The van der Waals surface area contributed by atoms with E-state index in [4.69, 9.17) is 5.11 Å². The summed E-state index contributed by atoms with van der Waals surface area (Å²) in [6.07, 6.45) is 2.99. The quantitative estimate of drug-likeness (QED) is 0.690. The van der Waals surface area contributed by atoms with Crippen molar-refractivity contribution >= 4 is 5.97 Å². The van der Waals surface area contributed by atoms with Crippen LogP contribution in [0.15, 0.2) is 0 Å². The maximum Gasteiger partial charge on any atom is 0.320 e. The van der Waals surface area contributed by atoms with Gasteiger partial charge in [0.2, 0.25) is 0 Å². The van der Waals surface area contributed by atoms with E-state index in [0.717, 1.165) is 38.9 Å². The third-order valence-corrected chi connectivity index (χ3v) is 3.41. The molecular weight excluding hydrogens is 180 g/mol. The monoisotopic (exact) mass is 198 g/mol. The summed E-state index contributed by atoms with van der Waals surface area (Å²) in [4.78, 5) is 15.5. The molecule has 14 heavy (non-hydrogen) atoms. The van der Waals surface area contributed by atoms with Crippen LogP contribution in [0.2, 0.25) is 0 Å². The molecule has 2 rings (SSSR count). The van der Waals surface area contributed by atoms with Crippen LogP contribution >= 0.6 is 0 Å². The molecule has 0 spiro atoms. The fourth-order valence-electron chi connectivity index (χ4n) is 2.67. The molecule has 1 N–H and O–H groups in total. The van der Waals surface area contributed by atoms with Crippen LogP contribution in [0.1, 0.15) is 19.3 Å². The Hall–Kier alpha value is -0.610. The Balaban J connectivity index is 1.99. The highest BCUT2D eigenvalue weighted by molar-refractivity contribution is 5.73. The third kappa shape index (κ3) is 1.77. The predicted molar refractivity (Wildman–Crippen MR) is 53.3 cm³/mol. The molecule has 2 aliphatic heterocycles. The first-order valence-corrected chi connectivity index (χ1v) is 5.35. The first kappa shape index (κ1) is 9.93. The Morgan fingerprint density at radius 3 is 2.71 bits per heavy atom. The van der Waals surface area contributed by atoms with Crippen molar-refractivity contribution < 1.29 is 9.90 Å². The van der Waals surface area contributed by atoms with Gasteiger partial charge in [-0.1, -0.05) is 0 Å². The molecule has 2 saturated heterocycles. The number of likely N-dealkylation sites (N-methyl/N-ethyl adjacent to an activating group) is 1. The van der Waals surface area contributed by atoms with E-state index in [-0.39, 0.29) is 6.04 Å². The second-order valence-corrected chi connectivity index (χ2v) is 4.44. The molecule has 2 atom stereocenters. The lowest BCUT2D eigenvalue weighted by molar-refractivity contribution is -0.142. The summed E-state index contributed by atoms with van der Waals surface area (Å²) < 4.78 is 0. The standard InChI is InChI=1S/C10H18N2O2/c1-11-6-4-8(7-11)12-5-2-3-9(12)10(13)14/h8-9H,2-7H2,1H3,(H,13,14). The van der Waals surface area contributed by atoms with E-state index in [0.29, 0.717) is 6.04 Å². The van der Waals surface area contributed by atoms with Gasteiger partial charge in [-0.25, -0.2) is 0 Å². The second kappa shape index (κ2) is 3.87. The van der Waals surface area contributed by atoms with Crippen LogP contribution in [0.25, 0.3) is 0 Å². The first-order valence-electron chi connectivity index (χ1n) is 5.35. The van der Waals surface area contributed by atoms with Crippen molar-refractivity contribution in [3.05, 3.63) is 0 Å². The fraction of sp³-hybridized carbons (Fsp3) is 0.900. The largest absolute Gasteiger partial charge is 0.480 e. The van der Waals surface area contributed by atoms with Crippen LogP contribution in [0.4, 0.5) is 0 Å². The van der Waals surface area contributed by atoms with Gasteiger partial charge in [-0.2, -0.15) is 0 Å². The summed E-state index contributed by atoms with van der Waals surface area (Å²) in [6, 6.07) is 0.259. The van der Waals surface area contributed by atoms with Gasteiger partial charge in [-0.05, 0) is 39.4 Å². The SMILES string of the molecule is CN1CCC(N2CCCC2C(=O)O)C1. The van der Waals surface area contributed by atoms with Crippen LogP contribution in [0.5, 0.6) is 0 Å². The maximum absolute atomic E-state index is 11.0. The lowest BCUT2D eigenvalue weighted by Crippen LogP contribution is -2.44. The summed E-state index contributed by atoms with van der Waals surface area (Å²) in [5, 5.41) is 9.05. The molecule has 2 unspecified atom stereocenters. The fourth-order valence-corrected chi connectivity index (χ4v) is 2.67. The van der Waals surface area contributed by atoms with Crippen molar-refractivity contribution in [2.45, 2.75) is 31.3 Å². The highest BCUT2D eigenvalue weighted by Crippen LogP contribution is 2.24. The molecule has 2 aliphatic rings. The van der Waals surface area contributed by atoms with Crippen LogP contribution < -0.4 is 0 Å². The molecule has 4 heteroatoms. The summed E-state index contributed by atoms with van der Waals surface area (Å²) in [7, 11) is 2.10. The van der Waals surface area contributed by atoms with Crippen molar-refractivity contribution in [1.29, 1.82) is 0 Å². The van der Waals surface area contributed by atoms with Crippen molar-refractivity contribution in [2.75, 3.05) is 26.7 Å². The summed E-state index contributed by atoms with van der Waals surface area (Å²) in [6.45, 7) is 3.10. The van der Waals surface area contributed by atoms with Crippen LogP contribution in [-0.2, 0) is 4.79 Å². The average Bonchev–Trinajstić information content (AvgIpc) is 2.70. The minimum absolute atomic E-state index is 0.216. The van der Waals surface area contributed by atoms with E-state index in [1.54, 1.807) is 0 Å². The minimum Gasteiger partial charge on any atom is -0.480 e. The van der Waals surface area contributed by atoms with Crippen molar-refractivity contribution in [2.24, 2.45) is 0 Å². The highest BCUT2D eigenvalue weighted by Gasteiger charge is 2.37. The number of aliphatic carboxylic acids is 1. The van der Waals surface area contributed by atoms with Gasteiger partial charge < -0.3 is 10.0 Å². The molecule has 2 heterocycles. The number of carboxylic acids is 1. The van der Waals surface area contributed by atoms with E-state index < -0.39 is 5.97 Å². The Bertz CT molecular complexity index is 232. The normalized spacial score (nSPS) is 35.2. The minimum atomic E-state index is -0.642. The third-order valence-electron chi connectivity index (χ3n) is 3.41. The van der Waals surface area contributed by atoms with Crippen LogP contribution in [-0.4, -0.2) is 59.6 Å². The molecule has 0 radical (unpaired) electrons. The highest BCUT2D eigenvalue weighted by atomic mass is 16.4. The van der Waals surface area contributed by atoms with Crippen LogP contribution in [0, 0.1) is 0 Å². The first-order chi connectivity index (χ1) is 6.68. The topological polar surface area (TPSA) is 43.8 Å². The molecule has 0 bridgehead atoms. The predicted octanol–water partition coefficient (Wildman–Crippen LogP) is 0.239. The Morgan fingerprint density at radius 1 is 1.36 bits per heavy atom. The number of rotatable bonds is 2. The number of likely N-dealkylation sites (tertiary alicyclic amines) is 2. The van der Waals surface area contributed by atoms with Gasteiger partial charge >= 0.3 is 5.97 Å². The van der Waals surface area contributed by atoms with E-state index in [1.807, 2.05) is 0 Å². The molecule has 80 valence electrons. The lowest BCUT2D eigenvalue weighted by atomic mass is 10.1. The lowest BCUT2D eigenvalue weighted by Gasteiger charge is -2.27. The Morgan fingerprint density at radius 2 is 2.14 bits per heavy atom. The number of hydrogen-bond acceptors (Lipinski definition) is 3. The van der Waals surface area contributed by atoms with Gasteiger partial charge in [-0.15, -0.1) is 0 Å². The van der Waals surface area contributed by atoms with Gasteiger partial charge in [0.1, 0.15) is 6.04 Å².